The van der Waals surface area contributed by atoms with Gasteiger partial charge in [0, 0.05) is 12.1 Å². The van der Waals surface area contributed by atoms with Crippen LogP contribution in [0.15, 0.2) is 46.9 Å². The maximum Gasteiger partial charge on any atom is 0.265 e. The van der Waals surface area contributed by atoms with Crippen molar-refractivity contribution in [2.75, 3.05) is 0 Å². The molecule has 0 aliphatic heterocycles. The number of ether oxygens (including phenoxy) is 1. The van der Waals surface area contributed by atoms with Crippen LogP contribution in [0, 0.1) is 17.6 Å². The number of fused-ring (bicyclic) bond motifs is 1. The van der Waals surface area contributed by atoms with Crippen molar-refractivity contribution in [3.8, 4) is 5.75 Å². The van der Waals surface area contributed by atoms with Gasteiger partial charge in [-0.05, 0) is 42.3 Å². The molecule has 190 valence electrons. The van der Waals surface area contributed by atoms with Gasteiger partial charge in [-0.2, -0.15) is 0 Å². The van der Waals surface area contributed by atoms with E-state index < -0.39 is 33.6 Å². The molecule has 0 aliphatic carbocycles. The Morgan fingerprint density at radius 1 is 1.22 bits per heavy atom. The number of nitrogens with zero attached hydrogens (tertiary/aromatic N) is 4. The van der Waals surface area contributed by atoms with Gasteiger partial charge in [0.1, 0.15) is 35.7 Å². The lowest BCUT2D eigenvalue weighted by molar-refractivity contribution is -0.126. The van der Waals surface area contributed by atoms with Crippen molar-refractivity contribution in [3.63, 3.8) is 0 Å². The van der Waals surface area contributed by atoms with Gasteiger partial charge in [0.15, 0.2) is 0 Å². The summed E-state index contributed by atoms with van der Waals surface area (Å²) < 4.78 is 57.8. The zero-order valence-electron chi connectivity index (χ0n) is 19.2. The molecule has 0 radical (unpaired) electrons. The maximum absolute atomic E-state index is 13.9. The van der Waals surface area contributed by atoms with E-state index in [1.807, 2.05) is 13.8 Å². The first kappa shape index (κ1) is 25.6. The van der Waals surface area contributed by atoms with E-state index in [2.05, 4.69) is 20.6 Å². The van der Waals surface area contributed by atoms with Crippen LogP contribution in [0.4, 0.5) is 8.78 Å². The summed E-state index contributed by atoms with van der Waals surface area (Å²) in [6, 6.07) is 7.20. The molecule has 0 saturated carbocycles. The molecule has 2 aromatic carbocycles. The van der Waals surface area contributed by atoms with Crippen molar-refractivity contribution in [1.82, 2.24) is 25.3 Å². The highest BCUT2D eigenvalue weighted by atomic mass is 32.2. The number of rotatable bonds is 9. The molecule has 2 heterocycles. The second-order valence-electron chi connectivity index (χ2n) is 8.28. The van der Waals surface area contributed by atoms with Crippen molar-refractivity contribution >= 4 is 37.5 Å². The molecule has 0 bridgehead atoms. The van der Waals surface area contributed by atoms with E-state index in [-0.39, 0.29) is 29.0 Å². The number of benzene rings is 2. The van der Waals surface area contributed by atoms with Gasteiger partial charge < -0.3 is 10.1 Å². The van der Waals surface area contributed by atoms with Crippen LogP contribution in [-0.2, 0) is 28.0 Å². The Kier molecular flexibility index (Phi) is 7.28. The van der Waals surface area contributed by atoms with Gasteiger partial charge in [-0.15, -0.1) is 16.4 Å². The van der Waals surface area contributed by atoms with Crippen LogP contribution < -0.4 is 15.2 Å². The van der Waals surface area contributed by atoms with Crippen molar-refractivity contribution in [2.45, 2.75) is 37.4 Å². The van der Waals surface area contributed by atoms with Gasteiger partial charge in [-0.1, -0.05) is 19.1 Å². The van der Waals surface area contributed by atoms with Crippen LogP contribution in [0.5, 0.6) is 5.75 Å². The number of thiazole rings is 1. The quantitative estimate of drug-likeness (QED) is 0.335. The molecule has 0 saturated heterocycles. The Bertz CT molecular complexity index is 1520. The van der Waals surface area contributed by atoms with Gasteiger partial charge in [-0.3, -0.25) is 4.79 Å². The molecule has 1 unspecified atom stereocenters. The first-order valence-electron chi connectivity index (χ1n) is 10.7. The van der Waals surface area contributed by atoms with Crippen molar-refractivity contribution in [1.29, 1.82) is 0 Å². The van der Waals surface area contributed by atoms with Crippen LogP contribution in [0.25, 0.3) is 10.2 Å². The van der Waals surface area contributed by atoms with E-state index in [0.29, 0.717) is 21.7 Å². The molecular formula is C22H22F2N6O4S2. The third-order valence-corrected chi connectivity index (χ3v) is 7.51. The van der Waals surface area contributed by atoms with E-state index in [1.165, 1.54) is 4.68 Å². The predicted octanol–water partition coefficient (Wildman–Crippen LogP) is 2.91. The summed E-state index contributed by atoms with van der Waals surface area (Å²) >= 11 is 0.934. The summed E-state index contributed by atoms with van der Waals surface area (Å²) in [6.45, 7) is 3.51. The second kappa shape index (κ2) is 10.2. The number of nitrogens with one attached hydrogen (secondary N) is 1. The number of hydrogen-bond donors (Lipinski definition) is 2. The minimum Gasteiger partial charge on any atom is -0.487 e. The number of carbonyl (C=O) groups excluding carboxylic acids is 1. The third kappa shape index (κ3) is 5.83. The maximum atomic E-state index is 13.9. The summed E-state index contributed by atoms with van der Waals surface area (Å²) in [4.78, 5) is 16.8. The Balaban J connectivity index is 1.42. The van der Waals surface area contributed by atoms with Gasteiger partial charge in [-0.25, -0.2) is 32.0 Å². The zero-order valence-corrected chi connectivity index (χ0v) is 20.8. The van der Waals surface area contributed by atoms with Gasteiger partial charge in [0.25, 0.3) is 10.0 Å². The topological polar surface area (TPSA) is 142 Å². The summed E-state index contributed by atoms with van der Waals surface area (Å²) in [5.41, 5.74) is 0.957. The van der Waals surface area contributed by atoms with Gasteiger partial charge in [0.2, 0.25) is 10.2 Å². The number of primary sulfonamides is 1. The Labute approximate surface area is 209 Å². The molecule has 1 atom stereocenters. The molecule has 1 amide bonds. The number of hydrogen-bond acceptors (Lipinski definition) is 8. The first-order valence-corrected chi connectivity index (χ1v) is 13.1. The number of nitrogens with two attached hydrogens (primary N) is 1. The summed E-state index contributed by atoms with van der Waals surface area (Å²) in [5.74, 6) is -1.36. The van der Waals surface area contributed by atoms with E-state index >= 15 is 0 Å². The number of amides is 1. The molecule has 3 N–H and O–H groups in total. The molecule has 2 aromatic heterocycles. The fourth-order valence-corrected chi connectivity index (χ4v) is 5.15. The van der Waals surface area contributed by atoms with E-state index in [0.717, 1.165) is 29.5 Å². The fraction of sp³-hybridized carbons (Fsp3) is 0.273. The second-order valence-corrected chi connectivity index (χ2v) is 11.0. The summed E-state index contributed by atoms with van der Waals surface area (Å²) in [7, 11) is -3.90. The first-order chi connectivity index (χ1) is 17.0. The average molecular weight is 537 g/mol. The summed E-state index contributed by atoms with van der Waals surface area (Å²) in [6.07, 6.45) is 1.57. The van der Waals surface area contributed by atoms with Gasteiger partial charge >= 0.3 is 0 Å². The lowest BCUT2D eigenvalue weighted by Crippen LogP contribution is -2.35. The van der Waals surface area contributed by atoms with E-state index in [4.69, 9.17) is 9.88 Å². The Morgan fingerprint density at radius 3 is 2.72 bits per heavy atom. The van der Waals surface area contributed by atoms with Crippen molar-refractivity contribution < 1.29 is 26.7 Å². The monoisotopic (exact) mass is 536 g/mol. The van der Waals surface area contributed by atoms with Crippen LogP contribution in [-0.4, -0.2) is 34.3 Å². The van der Waals surface area contributed by atoms with Crippen molar-refractivity contribution in [2.24, 2.45) is 11.1 Å². The average Bonchev–Trinajstić information content (AvgIpc) is 3.45. The normalized spacial score (nSPS) is 12.7. The standard InChI is InChI=1S/C22H22F2N6O4S2/c1-12(2)20(21(31)26-9-13-7-14(23)3-5-17(13)24)30-10-15(28-29-30)11-34-16-4-6-18-19(8-16)35-22(27-18)36(25,32)33/h3-8,10,12,20H,9,11H2,1-2H3,(H,26,31)(H2,25,32,33). The van der Waals surface area contributed by atoms with Crippen molar-refractivity contribution in [3.05, 3.63) is 65.5 Å². The molecule has 4 aromatic rings. The Morgan fingerprint density at radius 2 is 2.00 bits per heavy atom. The molecule has 0 spiro atoms. The van der Waals surface area contributed by atoms with Crippen LogP contribution >= 0.6 is 11.3 Å². The number of carbonyl (C=O) groups is 1. The number of halogens is 2. The number of sulfonamides is 1. The number of aromatic nitrogens is 4. The zero-order chi connectivity index (χ0) is 26.0. The molecule has 0 fully saturated rings. The van der Waals surface area contributed by atoms with Gasteiger partial charge in [0.05, 0.1) is 16.4 Å². The van der Waals surface area contributed by atoms with E-state index in [1.54, 1.807) is 24.4 Å². The lowest BCUT2D eigenvalue weighted by atomic mass is 10.0. The molecule has 36 heavy (non-hydrogen) atoms. The lowest BCUT2D eigenvalue weighted by Gasteiger charge is -2.20. The minimum absolute atomic E-state index is 0.0348. The van der Waals surface area contributed by atoms with Crippen LogP contribution in [0.2, 0.25) is 0 Å². The minimum atomic E-state index is -3.90. The SMILES string of the molecule is CC(C)C(C(=O)NCc1cc(F)ccc1F)n1cc(COc2ccc3nc(S(N)(=O)=O)sc3c2)nn1. The highest BCUT2D eigenvalue weighted by Crippen LogP contribution is 2.28. The molecule has 10 nitrogen and oxygen atoms in total. The fourth-order valence-electron chi connectivity index (χ4n) is 3.46. The van der Waals surface area contributed by atoms with E-state index in [9.17, 15) is 22.0 Å². The largest absolute Gasteiger partial charge is 0.487 e. The van der Waals surface area contributed by atoms with Crippen LogP contribution in [0.3, 0.4) is 0 Å². The molecular weight excluding hydrogens is 514 g/mol. The molecule has 14 heteroatoms. The molecule has 0 aliphatic rings. The smallest absolute Gasteiger partial charge is 0.265 e. The molecule has 4 rings (SSSR count). The highest BCUT2D eigenvalue weighted by Gasteiger charge is 2.26. The Hall–Kier alpha value is -3.49. The van der Waals surface area contributed by atoms with Crippen LogP contribution in [0.1, 0.15) is 31.1 Å². The third-order valence-electron chi connectivity index (χ3n) is 5.17. The summed E-state index contributed by atoms with van der Waals surface area (Å²) in [5, 5.41) is 15.9. The highest BCUT2D eigenvalue weighted by molar-refractivity contribution is 7.91. The predicted molar refractivity (Wildman–Crippen MR) is 127 cm³/mol.